The third-order valence-corrected chi connectivity index (χ3v) is 2.47. The molecule has 1 atom stereocenters. The quantitative estimate of drug-likeness (QED) is 0.744. The maximum absolute atomic E-state index is 11.1. The van der Waals surface area contributed by atoms with Gasteiger partial charge in [-0.1, -0.05) is 6.07 Å². The molecular weight excluding hydrogens is 224 g/mol. The molecule has 1 aliphatic heterocycles. The predicted octanol–water partition coefficient (Wildman–Crippen LogP) is 1.49. The summed E-state index contributed by atoms with van der Waals surface area (Å²) in [6.07, 6.45) is -0.578. The maximum Gasteiger partial charge on any atom is 0.334 e. The highest BCUT2D eigenvalue weighted by molar-refractivity contribution is 5.73. The Morgan fingerprint density at radius 1 is 1.41 bits per heavy atom. The van der Waals surface area contributed by atoms with Gasteiger partial charge < -0.3 is 18.9 Å². The molecule has 17 heavy (non-hydrogen) atoms. The standard InChI is InChI=1S/C12H14O5/c1-8(12(13)14-2)15-6-9-3-4-10-11(5-9)17-7-16-10/h3-5,8H,6-7H2,1-2H3/t8-/m0/s1. The molecule has 0 aromatic heterocycles. The van der Waals surface area contributed by atoms with Gasteiger partial charge in [-0.25, -0.2) is 4.79 Å². The van der Waals surface area contributed by atoms with Crippen LogP contribution in [0, 0.1) is 0 Å². The first-order valence-electron chi connectivity index (χ1n) is 5.28. The lowest BCUT2D eigenvalue weighted by molar-refractivity contribution is -0.153. The first-order chi connectivity index (χ1) is 8.20. The van der Waals surface area contributed by atoms with Crippen LogP contribution in [0.15, 0.2) is 18.2 Å². The van der Waals surface area contributed by atoms with E-state index in [4.69, 9.17) is 14.2 Å². The summed E-state index contributed by atoms with van der Waals surface area (Å²) in [4.78, 5) is 11.1. The van der Waals surface area contributed by atoms with Crippen LogP contribution < -0.4 is 9.47 Å². The highest BCUT2D eigenvalue weighted by atomic mass is 16.7. The summed E-state index contributed by atoms with van der Waals surface area (Å²) in [6, 6.07) is 5.54. The first kappa shape index (κ1) is 11.7. The Balaban J connectivity index is 1.93. The second-order valence-corrected chi connectivity index (χ2v) is 3.66. The van der Waals surface area contributed by atoms with Crippen molar-refractivity contribution in [3.8, 4) is 11.5 Å². The molecular formula is C12H14O5. The molecule has 0 spiro atoms. The van der Waals surface area contributed by atoms with Crippen LogP contribution in [0.3, 0.4) is 0 Å². The summed E-state index contributed by atoms with van der Waals surface area (Å²) in [5, 5.41) is 0. The molecule has 0 fully saturated rings. The summed E-state index contributed by atoms with van der Waals surface area (Å²) < 4.78 is 20.4. The van der Waals surface area contributed by atoms with Crippen molar-refractivity contribution < 1.29 is 23.7 Å². The number of methoxy groups -OCH3 is 1. The molecule has 0 amide bonds. The van der Waals surface area contributed by atoms with Gasteiger partial charge in [-0.05, 0) is 24.6 Å². The van der Waals surface area contributed by atoms with Crippen molar-refractivity contribution >= 4 is 5.97 Å². The zero-order valence-electron chi connectivity index (χ0n) is 9.76. The van der Waals surface area contributed by atoms with Crippen LogP contribution in [0.5, 0.6) is 11.5 Å². The molecule has 1 heterocycles. The zero-order chi connectivity index (χ0) is 12.3. The van der Waals surface area contributed by atoms with Gasteiger partial charge in [0.15, 0.2) is 17.6 Å². The number of hydrogen-bond donors (Lipinski definition) is 0. The van der Waals surface area contributed by atoms with Gasteiger partial charge in [-0.3, -0.25) is 0 Å². The van der Waals surface area contributed by atoms with Crippen molar-refractivity contribution in [1.82, 2.24) is 0 Å². The minimum atomic E-state index is -0.578. The van der Waals surface area contributed by atoms with Crippen molar-refractivity contribution in [2.45, 2.75) is 19.6 Å². The number of esters is 1. The third kappa shape index (κ3) is 2.68. The molecule has 5 nitrogen and oxygen atoms in total. The Kier molecular flexibility index (Phi) is 3.49. The number of hydrogen-bond acceptors (Lipinski definition) is 5. The van der Waals surface area contributed by atoms with Crippen LogP contribution in [0.4, 0.5) is 0 Å². The largest absolute Gasteiger partial charge is 0.467 e. The normalized spacial score (nSPS) is 14.5. The Bertz CT molecular complexity index is 415. The lowest BCUT2D eigenvalue weighted by atomic mass is 10.2. The number of carbonyl (C=O) groups excluding carboxylic acids is 1. The number of carbonyl (C=O) groups is 1. The number of rotatable bonds is 4. The molecule has 5 heteroatoms. The number of benzene rings is 1. The van der Waals surface area contributed by atoms with Gasteiger partial charge in [0.25, 0.3) is 0 Å². The minimum Gasteiger partial charge on any atom is -0.467 e. The third-order valence-electron chi connectivity index (χ3n) is 2.47. The van der Waals surface area contributed by atoms with Gasteiger partial charge in [0.1, 0.15) is 0 Å². The fourth-order valence-corrected chi connectivity index (χ4v) is 1.49. The average Bonchev–Trinajstić information content (AvgIpc) is 2.82. The smallest absolute Gasteiger partial charge is 0.334 e. The number of fused-ring (bicyclic) bond motifs is 1. The van der Waals surface area contributed by atoms with Gasteiger partial charge in [0.2, 0.25) is 6.79 Å². The van der Waals surface area contributed by atoms with Crippen molar-refractivity contribution in [2.75, 3.05) is 13.9 Å². The van der Waals surface area contributed by atoms with Gasteiger partial charge in [-0.2, -0.15) is 0 Å². The Morgan fingerprint density at radius 2 is 2.18 bits per heavy atom. The van der Waals surface area contributed by atoms with E-state index in [1.54, 1.807) is 6.92 Å². The van der Waals surface area contributed by atoms with E-state index in [2.05, 4.69) is 4.74 Å². The Morgan fingerprint density at radius 3 is 2.94 bits per heavy atom. The summed E-state index contributed by atoms with van der Waals surface area (Å²) in [5.74, 6) is 1.05. The van der Waals surface area contributed by atoms with E-state index in [0.29, 0.717) is 12.4 Å². The lowest BCUT2D eigenvalue weighted by Gasteiger charge is -2.10. The average molecular weight is 238 g/mol. The monoisotopic (exact) mass is 238 g/mol. The van der Waals surface area contributed by atoms with E-state index in [1.165, 1.54) is 7.11 Å². The second-order valence-electron chi connectivity index (χ2n) is 3.66. The molecule has 1 aliphatic rings. The Hall–Kier alpha value is -1.75. The van der Waals surface area contributed by atoms with Gasteiger partial charge in [-0.15, -0.1) is 0 Å². The van der Waals surface area contributed by atoms with E-state index in [0.717, 1.165) is 11.3 Å². The summed E-state index contributed by atoms with van der Waals surface area (Å²) in [7, 11) is 1.34. The molecule has 0 aliphatic carbocycles. The predicted molar refractivity (Wildman–Crippen MR) is 58.8 cm³/mol. The molecule has 0 N–H and O–H groups in total. The molecule has 92 valence electrons. The molecule has 0 unspecified atom stereocenters. The highest BCUT2D eigenvalue weighted by Gasteiger charge is 2.16. The highest BCUT2D eigenvalue weighted by Crippen LogP contribution is 2.32. The van der Waals surface area contributed by atoms with Crippen LogP contribution in [0.2, 0.25) is 0 Å². The SMILES string of the molecule is COC(=O)[C@H](C)OCc1ccc2c(c1)OCO2. The van der Waals surface area contributed by atoms with Crippen molar-refractivity contribution in [3.05, 3.63) is 23.8 Å². The molecule has 0 saturated carbocycles. The van der Waals surface area contributed by atoms with E-state index in [1.807, 2.05) is 18.2 Å². The fraction of sp³-hybridized carbons (Fsp3) is 0.417. The van der Waals surface area contributed by atoms with Gasteiger partial charge in [0, 0.05) is 0 Å². The molecule has 1 aromatic rings. The molecule has 2 rings (SSSR count). The van der Waals surface area contributed by atoms with E-state index >= 15 is 0 Å². The first-order valence-corrected chi connectivity index (χ1v) is 5.28. The van der Waals surface area contributed by atoms with Gasteiger partial charge >= 0.3 is 5.97 Å². The van der Waals surface area contributed by atoms with Crippen LogP contribution in [0.25, 0.3) is 0 Å². The van der Waals surface area contributed by atoms with Gasteiger partial charge in [0.05, 0.1) is 13.7 Å². The minimum absolute atomic E-state index is 0.248. The molecule has 0 saturated heterocycles. The molecule has 0 radical (unpaired) electrons. The topological polar surface area (TPSA) is 54.0 Å². The maximum atomic E-state index is 11.1. The van der Waals surface area contributed by atoms with Crippen LogP contribution in [-0.2, 0) is 20.9 Å². The van der Waals surface area contributed by atoms with E-state index < -0.39 is 6.10 Å². The van der Waals surface area contributed by atoms with Crippen LogP contribution in [-0.4, -0.2) is 26.0 Å². The lowest BCUT2D eigenvalue weighted by Crippen LogP contribution is -2.21. The number of ether oxygens (including phenoxy) is 4. The van der Waals surface area contributed by atoms with Crippen LogP contribution in [0.1, 0.15) is 12.5 Å². The second kappa shape index (κ2) is 5.05. The summed E-state index contributed by atoms with van der Waals surface area (Å²) in [6.45, 7) is 2.23. The van der Waals surface area contributed by atoms with Crippen LogP contribution >= 0.6 is 0 Å². The van der Waals surface area contributed by atoms with Crippen molar-refractivity contribution in [3.63, 3.8) is 0 Å². The molecule has 0 bridgehead atoms. The summed E-state index contributed by atoms with van der Waals surface area (Å²) in [5.41, 5.74) is 0.921. The fourth-order valence-electron chi connectivity index (χ4n) is 1.49. The molecule has 1 aromatic carbocycles. The van der Waals surface area contributed by atoms with E-state index in [9.17, 15) is 4.79 Å². The van der Waals surface area contributed by atoms with Crippen molar-refractivity contribution in [2.24, 2.45) is 0 Å². The zero-order valence-corrected chi connectivity index (χ0v) is 9.76. The van der Waals surface area contributed by atoms with E-state index in [-0.39, 0.29) is 12.8 Å². The van der Waals surface area contributed by atoms with Crippen molar-refractivity contribution in [1.29, 1.82) is 0 Å². The summed E-state index contributed by atoms with van der Waals surface area (Å²) >= 11 is 0. The Labute approximate surface area is 99.2 Å².